The average Bonchev–Trinajstić information content (AvgIpc) is 3.04. The summed E-state index contributed by atoms with van der Waals surface area (Å²) in [5.74, 6) is 2.70. The van der Waals surface area contributed by atoms with Crippen molar-refractivity contribution in [3.8, 4) is 0 Å². The van der Waals surface area contributed by atoms with E-state index in [4.69, 9.17) is 11.6 Å². The average molecular weight is 256 g/mol. The van der Waals surface area contributed by atoms with Gasteiger partial charge in [0.15, 0.2) is 0 Å². The number of halogens is 1. The molecule has 3 aliphatic carbocycles. The molecule has 2 nitrogen and oxygen atoms in total. The molecule has 3 fully saturated rings. The quantitative estimate of drug-likeness (QED) is 0.772. The van der Waals surface area contributed by atoms with Gasteiger partial charge in [-0.15, -0.1) is 11.6 Å². The molecule has 2 bridgehead atoms. The summed E-state index contributed by atoms with van der Waals surface area (Å²) in [6, 6.07) is 0. The van der Waals surface area contributed by atoms with Gasteiger partial charge in [0.1, 0.15) is 0 Å². The van der Waals surface area contributed by atoms with E-state index < -0.39 is 0 Å². The van der Waals surface area contributed by atoms with Crippen LogP contribution in [0, 0.1) is 17.8 Å². The van der Waals surface area contributed by atoms with E-state index in [2.05, 4.69) is 5.32 Å². The monoisotopic (exact) mass is 255 g/mol. The van der Waals surface area contributed by atoms with Gasteiger partial charge in [-0.05, 0) is 43.9 Å². The van der Waals surface area contributed by atoms with Crippen molar-refractivity contribution in [2.75, 3.05) is 5.88 Å². The molecule has 3 aliphatic rings. The van der Waals surface area contributed by atoms with Gasteiger partial charge in [0.25, 0.3) is 0 Å². The number of hydrogen-bond acceptors (Lipinski definition) is 1. The molecule has 96 valence electrons. The Morgan fingerprint density at radius 2 is 2.00 bits per heavy atom. The standard InChI is InChI=1S/C14H22ClNO/c15-9-14(5-1-2-6-14)16-13(17)12-8-10-3-4-11(12)7-10/h10-12H,1-9H2,(H,16,17). The summed E-state index contributed by atoms with van der Waals surface area (Å²) in [4.78, 5) is 12.4. The van der Waals surface area contributed by atoms with Crippen molar-refractivity contribution in [3.05, 3.63) is 0 Å². The molecule has 0 heterocycles. The summed E-state index contributed by atoms with van der Waals surface area (Å²) in [5.41, 5.74) is -0.0690. The van der Waals surface area contributed by atoms with Gasteiger partial charge >= 0.3 is 0 Å². The summed E-state index contributed by atoms with van der Waals surface area (Å²) in [5, 5.41) is 3.30. The number of rotatable bonds is 3. The number of alkyl halides is 1. The van der Waals surface area contributed by atoms with Crippen LogP contribution < -0.4 is 5.32 Å². The number of carbonyl (C=O) groups is 1. The topological polar surface area (TPSA) is 29.1 Å². The predicted octanol–water partition coefficient (Wildman–Crippen LogP) is 3.09. The molecule has 0 aliphatic heterocycles. The van der Waals surface area contributed by atoms with E-state index in [1.165, 1.54) is 32.1 Å². The van der Waals surface area contributed by atoms with Gasteiger partial charge in [0.05, 0.1) is 5.54 Å². The highest BCUT2D eigenvalue weighted by molar-refractivity contribution is 6.18. The van der Waals surface area contributed by atoms with Crippen LogP contribution in [-0.2, 0) is 4.79 Å². The van der Waals surface area contributed by atoms with Crippen LogP contribution in [0.5, 0.6) is 0 Å². The first kappa shape index (κ1) is 11.8. The van der Waals surface area contributed by atoms with Crippen LogP contribution in [-0.4, -0.2) is 17.3 Å². The molecule has 3 rings (SSSR count). The van der Waals surface area contributed by atoms with Gasteiger partial charge in [-0.2, -0.15) is 0 Å². The van der Waals surface area contributed by atoms with Crippen LogP contribution >= 0.6 is 11.6 Å². The van der Waals surface area contributed by atoms with Crippen LogP contribution in [0.4, 0.5) is 0 Å². The zero-order chi connectivity index (χ0) is 11.9. The third-order valence-corrected chi connectivity index (χ3v) is 5.79. The van der Waals surface area contributed by atoms with Crippen molar-refractivity contribution in [1.29, 1.82) is 0 Å². The number of amides is 1. The van der Waals surface area contributed by atoms with E-state index in [1.54, 1.807) is 0 Å². The van der Waals surface area contributed by atoms with E-state index >= 15 is 0 Å². The second-order valence-corrected chi connectivity index (χ2v) is 6.66. The second kappa shape index (κ2) is 4.46. The highest BCUT2D eigenvalue weighted by atomic mass is 35.5. The molecule has 0 spiro atoms. The molecule has 0 radical (unpaired) electrons. The Hall–Kier alpha value is -0.240. The molecular formula is C14H22ClNO. The normalized spacial score (nSPS) is 38.5. The lowest BCUT2D eigenvalue weighted by Crippen LogP contribution is -2.50. The van der Waals surface area contributed by atoms with E-state index in [0.717, 1.165) is 25.2 Å². The molecule has 0 aromatic heterocycles. The van der Waals surface area contributed by atoms with Crippen molar-refractivity contribution in [1.82, 2.24) is 5.32 Å². The fraction of sp³-hybridized carbons (Fsp3) is 0.929. The van der Waals surface area contributed by atoms with E-state index in [-0.39, 0.29) is 5.54 Å². The minimum atomic E-state index is -0.0690. The Morgan fingerprint density at radius 3 is 2.53 bits per heavy atom. The first-order valence-electron chi connectivity index (χ1n) is 7.10. The lowest BCUT2D eigenvalue weighted by Gasteiger charge is -2.31. The second-order valence-electron chi connectivity index (χ2n) is 6.39. The fourth-order valence-electron chi connectivity index (χ4n) is 4.26. The summed E-state index contributed by atoms with van der Waals surface area (Å²) in [6.07, 6.45) is 9.63. The van der Waals surface area contributed by atoms with Gasteiger partial charge in [0, 0.05) is 11.8 Å². The molecule has 0 aromatic carbocycles. The summed E-state index contributed by atoms with van der Waals surface area (Å²) in [6.45, 7) is 0. The summed E-state index contributed by atoms with van der Waals surface area (Å²) >= 11 is 6.08. The van der Waals surface area contributed by atoms with Gasteiger partial charge in [-0.25, -0.2) is 0 Å². The van der Waals surface area contributed by atoms with Crippen molar-refractivity contribution >= 4 is 17.5 Å². The summed E-state index contributed by atoms with van der Waals surface area (Å²) in [7, 11) is 0. The number of carbonyl (C=O) groups excluding carboxylic acids is 1. The van der Waals surface area contributed by atoms with E-state index in [1.807, 2.05) is 0 Å². The zero-order valence-corrected chi connectivity index (χ0v) is 11.1. The highest BCUT2D eigenvalue weighted by Gasteiger charge is 2.45. The largest absolute Gasteiger partial charge is 0.349 e. The van der Waals surface area contributed by atoms with E-state index in [0.29, 0.717) is 23.6 Å². The van der Waals surface area contributed by atoms with Crippen molar-refractivity contribution in [2.45, 2.75) is 56.9 Å². The van der Waals surface area contributed by atoms with Gasteiger partial charge < -0.3 is 5.32 Å². The first-order valence-corrected chi connectivity index (χ1v) is 7.64. The molecule has 0 aromatic rings. The Labute approximate surface area is 108 Å². The third kappa shape index (κ3) is 2.09. The molecule has 3 saturated carbocycles. The molecule has 3 atom stereocenters. The Balaban J connectivity index is 1.63. The molecule has 1 amide bonds. The van der Waals surface area contributed by atoms with Gasteiger partial charge in [0.2, 0.25) is 5.91 Å². The van der Waals surface area contributed by atoms with Crippen LogP contribution in [0.3, 0.4) is 0 Å². The van der Waals surface area contributed by atoms with Crippen molar-refractivity contribution in [3.63, 3.8) is 0 Å². The number of hydrogen-bond donors (Lipinski definition) is 1. The maximum absolute atomic E-state index is 12.4. The van der Waals surface area contributed by atoms with Crippen molar-refractivity contribution in [2.24, 2.45) is 17.8 Å². The van der Waals surface area contributed by atoms with Gasteiger partial charge in [-0.3, -0.25) is 4.79 Å². The SMILES string of the molecule is O=C(NC1(CCl)CCCC1)C1CC2CCC1C2. The van der Waals surface area contributed by atoms with Crippen molar-refractivity contribution < 1.29 is 4.79 Å². The lowest BCUT2D eigenvalue weighted by molar-refractivity contribution is -0.128. The third-order valence-electron chi connectivity index (χ3n) is 5.28. The minimum Gasteiger partial charge on any atom is -0.349 e. The lowest BCUT2D eigenvalue weighted by atomic mass is 9.87. The number of nitrogens with one attached hydrogen (secondary N) is 1. The van der Waals surface area contributed by atoms with Crippen LogP contribution in [0.1, 0.15) is 51.4 Å². The Morgan fingerprint density at radius 1 is 1.24 bits per heavy atom. The van der Waals surface area contributed by atoms with Crippen LogP contribution in [0.15, 0.2) is 0 Å². The maximum atomic E-state index is 12.4. The van der Waals surface area contributed by atoms with Gasteiger partial charge in [-0.1, -0.05) is 19.3 Å². The van der Waals surface area contributed by atoms with E-state index in [9.17, 15) is 4.79 Å². The fourth-order valence-corrected chi connectivity index (χ4v) is 4.60. The highest BCUT2D eigenvalue weighted by Crippen LogP contribution is 2.48. The summed E-state index contributed by atoms with van der Waals surface area (Å²) < 4.78 is 0. The molecule has 17 heavy (non-hydrogen) atoms. The van der Waals surface area contributed by atoms with Crippen LogP contribution in [0.25, 0.3) is 0 Å². The molecule has 1 N–H and O–H groups in total. The zero-order valence-electron chi connectivity index (χ0n) is 10.4. The molecule has 3 heteroatoms. The maximum Gasteiger partial charge on any atom is 0.223 e. The number of fused-ring (bicyclic) bond motifs is 2. The Kier molecular flexibility index (Phi) is 3.10. The minimum absolute atomic E-state index is 0.0690. The smallest absolute Gasteiger partial charge is 0.223 e. The first-order chi connectivity index (χ1) is 8.22. The molecule has 0 saturated heterocycles. The predicted molar refractivity (Wildman–Crippen MR) is 69.0 cm³/mol. The molecule has 3 unspecified atom stereocenters. The molecular weight excluding hydrogens is 234 g/mol. The van der Waals surface area contributed by atoms with Crippen LogP contribution in [0.2, 0.25) is 0 Å². The Bertz CT molecular complexity index is 311.